The van der Waals surface area contributed by atoms with Crippen molar-refractivity contribution in [1.82, 2.24) is 4.57 Å². The van der Waals surface area contributed by atoms with Crippen molar-refractivity contribution in [2.45, 2.75) is 13.3 Å². The quantitative estimate of drug-likeness (QED) is 0.766. The molecule has 0 bridgehead atoms. The number of benzene rings is 2. The molecular weight excluding hydrogens is 336 g/mol. The van der Waals surface area contributed by atoms with Crippen LogP contribution in [-0.2, 0) is 6.42 Å². The Hall–Kier alpha value is -3.03. The van der Waals surface area contributed by atoms with Crippen LogP contribution in [0.1, 0.15) is 18.1 Å². The number of rotatable bonds is 3. The van der Waals surface area contributed by atoms with Crippen LogP contribution in [0.2, 0.25) is 5.02 Å². The normalized spacial score (nSPS) is 10.4. The van der Waals surface area contributed by atoms with Gasteiger partial charge in [0.15, 0.2) is 0 Å². The predicted octanol–water partition coefficient (Wildman–Crippen LogP) is 4.30. The number of halogens is 1. The highest BCUT2D eigenvalue weighted by Crippen LogP contribution is 2.32. The van der Waals surface area contributed by atoms with Gasteiger partial charge in [0.2, 0.25) is 0 Å². The van der Waals surface area contributed by atoms with Gasteiger partial charge in [-0.3, -0.25) is 9.36 Å². The summed E-state index contributed by atoms with van der Waals surface area (Å²) in [5.41, 5.74) is 1.57. The van der Waals surface area contributed by atoms with Gasteiger partial charge in [-0.15, -0.1) is 0 Å². The number of nitrogens with zero attached hydrogens (tertiary/aromatic N) is 2. The SMILES string of the molecule is CCc1c(O)c(C#N)c(-c2ccccc2)n(-c2ccc(Cl)cc2)c1=O. The summed E-state index contributed by atoms with van der Waals surface area (Å²) in [6, 6.07) is 17.9. The zero-order valence-corrected chi connectivity index (χ0v) is 14.3. The van der Waals surface area contributed by atoms with E-state index in [1.807, 2.05) is 18.2 Å². The van der Waals surface area contributed by atoms with Crippen LogP contribution in [0.25, 0.3) is 16.9 Å². The standard InChI is InChI=1S/C20H15ClN2O2/c1-2-16-19(24)17(12-22)18(13-6-4-3-5-7-13)23(20(16)25)15-10-8-14(21)9-11-15/h3-11,24H,2H2,1H3. The molecule has 0 saturated heterocycles. The molecule has 124 valence electrons. The topological polar surface area (TPSA) is 66.0 Å². The van der Waals surface area contributed by atoms with Gasteiger partial charge >= 0.3 is 0 Å². The molecule has 0 aliphatic rings. The van der Waals surface area contributed by atoms with Crippen molar-refractivity contribution in [2.75, 3.05) is 0 Å². The summed E-state index contributed by atoms with van der Waals surface area (Å²) in [7, 11) is 0. The Morgan fingerprint density at radius 2 is 1.76 bits per heavy atom. The summed E-state index contributed by atoms with van der Waals surface area (Å²) in [5.74, 6) is -0.251. The second kappa shape index (κ2) is 6.84. The smallest absolute Gasteiger partial charge is 0.262 e. The van der Waals surface area contributed by atoms with Gasteiger partial charge in [-0.05, 0) is 30.7 Å². The highest BCUT2D eigenvalue weighted by molar-refractivity contribution is 6.30. The van der Waals surface area contributed by atoms with Crippen LogP contribution in [0.15, 0.2) is 59.4 Å². The molecule has 4 nitrogen and oxygen atoms in total. The average Bonchev–Trinajstić information content (AvgIpc) is 2.63. The Kier molecular flexibility index (Phi) is 4.60. The molecule has 3 aromatic rings. The average molecular weight is 351 g/mol. The van der Waals surface area contributed by atoms with E-state index in [4.69, 9.17) is 11.6 Å². The fourth-order valence-corrected chi connectivity index (χ4v) is 2.97. The fraction of sp³-hybridized carbons (Fsp3) is 0.100. The monoisotopic (exact) mass is 350 g/mol. The largest absolute Gasteiger partial charge is 0.506 e. The molecule has 0 amide bonds. The lowest BCUT2D eigenvalue weighted by Gasteiger charge is -2.18. The minimum absolute atomic E-state index is 0.0811. The van der Waals surface area contributed by atoms with Crippen molar-refractivity contribution >= 4 is 11.6 Å². The highest BCUT2D eigenvalue weighted by atomic mass is 35.5. The molecule has 0 saturated carbocycles. The molecule has 25 heavy (non-hydrogen) atoms. The zero-order chi connectivity index (χ0) is 18.0. The number of hydrogen-bond acceptors (Lipinski definition) is 3. The number of aromatic hydroxyl groups is 1. The molecule has 0 fully saturated rings. The van der Waals surface area contributed by atoms with Gasteiger partial charge in [0.05, 0.1) is 11.3 Å². The molecule has 0 spiro atoms. The molecule has 0 aliphatic carbocycles. The van der Waals surface area contributed by atoms with E-state index in [-0.39, 0.29) is 22.4 Å². The molecule has 0 aliphatic heterocycles. The van der Waals surface area contributed by atoms with E-state index >= 15 is 0 Å². The van der Waals surface area contributed by atoms with Crippen LogP contribution < -0.4 is 5.56 Å². The van der Waals surface area contributed by atoms with E-state index in [0.717, 1.165) is 0 Å². The van der Waals surface area contributed by atoms with Gasteiger partial charge < -0.3 is 5.11 Å². The van der Waals surface area contributed by atoms with Crippen LogP contribution in [0, 0.1) is 11.3 Å². The molecule has 0 radical (unpaired) electrons. The summed E-state index contributed by atoms with van der Waals surface area (Å²) in [6.07, 6.45) is 0.321. The maximum atomic E-state index is 13.0. The van der Waals surface area contributed by atoms with Gasteiger partial charge in [-0.1, -0.05) is 48.9 Å². The third kappa shape index (κ3) is 2.90. The summed E-state index contributed by atoms with van der Waals surface area (Å²) in [6.45, 7) is 1.77. The predicted molar refractivity (Wildman–Crippen MR) is 98.2 cm³/mol. The number of aromatic nitrogens is 1. The lowest BCUT2D eigenvalue weighted by atomic mass is 10.0. The molecule has 2 aromatic carbocycles. The van der Waals surface area contributed by atoms with Gasteiger partial charge in [0.25, 0.3) is 5.56 Å². The first kappa shape index (κ1) is 16.8. The van der Waals surface area contributed by atoms with Gasteiger partial charge in [0, 0.05) is 16.3 Å². The van der Waals surface area contributed by atoms with E-state index in [9.17, 15) is 15.2 Å². The minimum Gasteiger partial charge on any atom is -0.506 e. The maximum Gasteiger partial charge on any atom is 0.262 e. The second-order valence-electron chi connectivity index (χ2n) is 5.50. The van der Waals surface area contributed by atoms with E-state index in [0.29, 0.717) is 28.4 Å². The zero-order valence-electron chi connectivity index (χ0n) is 13.5. The second-order valence-corrected chi connectivity index (χ2v) is 5.94. The van der Waals surface area contributed by atoms with Crippen molar-refractivity contribution in [2.24, 2.45) is 0 Å². The van der Waals surface area contributed by atoms with Crippen LogP contribution in [0.3, 0.4) is 0 Å². The first-order valence-corrected chi connectivity index (χ1v) is 8.18. The summed E-state index contributed by atoms with van der Waals surface area (Å²) < 4.78 is 1.46. The van der Waals surface area contributed by atoms with Crippen LogP contribution in [0.5, 0.6) is 5.75 Å². The molecule has 1 N–H and O–H groups in total. The number of pyridine rings is 1. The minimum atomic E-state index is -0.347. The molecule has 0 atom stereocenters. The van der Waals surface area contributed by atoms with Crippen molar-refractivity contribution in [3.8, 4) is 28.8 Å². The van der Waals surface area contributed by atoms with Crippen LogP contribution >= 0.6 is 11.6 Å². The fourth-order valence-electron chi connectivity index (χ4n) is 2.84. The molecule has 1 aromatic heterocycles. The van der Waals surface area contributed by atoms with Gasteiger partial charge in [0.1, 0.15) is 17.4 Å². The van der Waals surface area contributed by atoms with Crippen molar-refractivity contribution in [3.05, 3.63) is 81.1 Å². The van der Waals surface area contributed by atoms with E-state index < -0.39 is 0 Å². The Bertz CT molecular complexity index is 1020. The summed E-state index contributed by atoms with van der Waals surface area (Å²) in [4.78, 5) is 13.0. The first-order chi connectivity index (χ1) is 12.1. The third-order valence-electron chi connectivity index (χ3n) is 4.04. The Balaban J connectivity index is 2.49. The molecule has 5 heteroatoms. The van der Waals surface area contributed by atoms with Crippen LogP contribution in [0.4, 0.5) is 0 Å². The number of hydrogen-bond donors (Lipinski definition) is 1. The first-order valence-electron chi connectivity index (χ1n) is 7.80. The Labute approximate surface area is 150 Å². The molecule has 3 rings (SSSR count). The molecule has 1 heterocycles. The van der Waals surface area contributed by atoms with Crippen LogP contribution in [-0.4, -0.2) is 9.67 Å². The third-order valence-corrected chi connectivity index (χ3v) is 4.29. The van der Waals surface area contributed by atoms with E-state index in [1.54, 1.807) is 43.3 Å². The maximum absolute atomic E-state index is 13.0. The Morgan fingerprint density at radius 1 is 1.12 bits per heavy atom. The Morgan fingerprint density at radius 3 is 2.32 bits per heavy atom. The molecular formula is C20H15ClN2O2. The summed E-state index contributed by atoms with van der Waals surface area (Å²) >= 11 is 5.96. The van der Waals surface area contributed by atoms with E-state index in [1.165, 1.54) is 4.57 Å². The van der Waals surface area contributed by atoms with Gasteiger partial charge in [-0.2, -0.15) is 5.26 Å². The molecule has 0 unspecified atom stereocenters. The van der Waals surface area contributed by atoms with Crippen molar-refractivity contribution < 1.29 is 5.11 Å². The summed E-state index contributed by atoms with van der Waals surface area (Å²) in [5, 5.41) is 20.7. The number of nitriles is 1. The highest BCUT2D eigenvalue weighted by Gasteiger charge is 2.22. The lowest BCUT2D eigenvalue weighted by Crippen LogP contribution is -2.25. The lowest BCUT2D eigenvalue weighted by molar-refractivity contribution is 0.464. The van der Waals surface area contributed by atoms with Gasteiger partial charge in [-0.25, -0.2) is 0 Å². The van der Waals surface area contributed by atoms with Crippen molar-refractivity contribution in [3.63, 3.8) is 0 Å². The van der Waals surface area contributed by atoms with E-state index in [2.05, 4.69) is 6.07 Å². The van der Waals surface area contributed by atoms with Crippen molar-refractivity contribution in [1.29, 1.82) is 5.26 Å².